The molecule has 132 valence electrons. The molecule has 1 heterocycles. The molecule has 0 aliphatic heterocycles. The summed E-state index contributed by atoms with van der Waals surface area (Å²) in [6.45, 7) is 8.09. The Kier molecular flexibility index (Phi) is 6.72. The zero-order chi connectivity index (χ0) is 17.6. The predicted molar refractivity (Wildman–Crippen MR) is 100 cm³/mol. The summed E-state index contributed by atoms with van der Waals surface area (Å²) in [6.07, 6.45) is 4.93. The Labute approximate surface area is 149 Å². The first-order chi connectivity index (χ1) is 11.4. The molecule has 1 aromatic heterocycles. The maximum atomic E-state index is 12.3. The van der Waals surface area contributed by atoms with Gasteiger partial charge in [0.05, 0.1) is 11.0 Å². The molecule has 4 nitrogen and oxygen atoms in total. The maximum Gasteiger partial charge on any atom is 0.326 e. The van der Waals surface area contributed by atoms with Gasteiger partial charge < -0.3 is 9.30 Å². The molecule has 0 radical (unpaired) electrons. The van der Waals surface area contributed by atoms with E-state index in [9.17, 15) is 4.79 Å². The van der Waals surface area contributed by atoms with Gasteiger partial charge in [-0.05, 0) is 39.3 Å². The molecule has 2 rings (SSSR count). The van der Waals surface area contributed by atoms with Gasteiger partial charge >= 0.3 is 5.97 Å². The van der Waals surface area contributed by atoms with E-state index in [1.54, 1.807) is 11.8 Å². The molecule has 24 heavy (non-hydrogen) atoms. The number of hydrogen-bond donors (Lipinski definition) is 0. The van der Waals surface area contributed by atoms with E-state index in [0.717, 1.165) is 21.9 Å². The molecule has 1 aromatic carbocycles. The van der Waals surface area contributed by atoms with Crippen molar-refractivity contribution >= 4 is 28.8 Å². The quantitative estimate of drug-likeness (QED) is 0.380. The van der Waals surface area contributed by atoms with Crippen LogP contribution in [0.15, 0.2) is 29.4 Å². The number of unbranched alkanes of at least 4 members (excludes halogenated alkanes) is 3. The van der Waals surface area contributed by atoms with E-state index in [1.807, 2.05) is 49.6 Å². The van der Waals surface area contributed by atoms with E-state index in [-0.39, 0.29) is 12.5 Å². The third-order valence-corrected chi connectivity index (χ3v) is 4.62. The van der Waals surface area contributed by atoms with Crippen LogP contribution in [-0.4, -0.2) is 26.9 Å². The molecule has 0 atom stereocenters. The van der Waals surface area contributed by atoms with Crippen LogP contribution in [-0.2, 0) is 16.1 Å². The zero-order valence-electron chi connectivity index (χ0n) is 15.2. The first-order valence-electron chi connectivity index (χ1n) is 8.70. The Balaban J connectivity index is 2.13. The van der Waals surface area contributed by atoms with Crippen molar-refractivity contribution in [3.05, 3.63) is 24.3 Å². The zero-order valence-corrected chi connectivity index (χ0v) is 16.0. The molecule has 0 aliphatic carbocycles. The number of hydrogen-bond acceptors (Lipinski definition) is 4. The van der Waals surface area contributed by atoms with Gasteiger partial charge in [0.25, 0.3) is 0 Å². The summed E-state index contributed by atoms with van der Waals surface area (Å²) in [4.78, 5) is 17.0. The van der Waals surface area contributed by atoms with Gasteiger partial charge in [-0.15, -0.1) is 0 Å². The van der Waals surface area contributed by atoms with E-state index >= 15 is 0 Å². The number of esters is 1. The SMILES string of the molecule is CCCCCCSc1nc2ccccc2n1CC(=O)OC(C)(C)C. The number of ether oxygens (including phenoxy) is 1. The number of aromatic nitrogens is 2. The fraction of sp³-hybridized carbons (Fsp3) is 0.579. The summed E-state index contributed by atoms with van der Waals surface area (Å²) in [7, 11) is 0. The Bertz CT molecular complexity index is 674. The van der Waals surface area contributed by atoms with Crippen molar-refractivity contribution in [2.45, 2.75) is 70.7 Å². The van der Waals surface area contributed by atoms with Gasteiger partial charge in [0.2, 0.25) is 0 Å². The molecule has 0 fully saturated rings. The largest absolute Gasteiger partial charge is 0.459 e. The second-order valence-corrected chi connectivity index (χ2v) is 8.03. The molecule has 0 aliphatic rings. The van der Waals surface area contributed by atoms with Crippen molar-refractivity contribution in [3.63, 3.8) is 0 Å². The summed E-state index contributed by atoms with van der Waals surface area (Å²) in [6, 6.07) is 7.95. The summed E-state index contributed by atoms with van der Waals surface area (Å²) in [5.74, 6) is 0.802. The smallest absolute Gasteiger partial charge is 0.326 e. The van der Waals surface area contributed by atoms with Crippen LogP contribution in [0.5, 0.6) is 0 Å². The van der Waals surface area contributed by atoms with E-state index < -0.39 is 5.60 Å². The highest BCUT2D eigenvalue weighted by Gasteiger charge is 2.19. The fourth-order valence-corrected chi connectivity index (χ4v) is 3.52. The van der Waals surface area contributed by atoms with E-state index in [1.165, 1.54) is 25.7 Å². The van der Waals surface area contributed by atoms with Crippen LogP contribution >= 0.6 is 11.8 Å². The lowest BCUT2D eigenvalue weighted by molar-refractivity contribution is -0.155. The molecule has 0 spiro atoms. The van der Waals surface area contributed by atoms with Crippen molar-refractivity contribution < 1.29 is 9.53 Å². The van der Waals surface area contributed by atoms with Gasteiger partial charge in [-0.3, -0.25) is 4.79 Å². The second kappa shape index (κ2) is 8.56. The van der Waals surface area contributed by atoms with E-state index in [0.29, 0.717) is 0 Å². The highest BCUT2D eigenvalue weighted by Crippen LogP contribution is 2.25. The van der Waals surface area contributed by atoms with Gasteiger partial charge in [0, 0.05) is 5.75 Å². The lowest BCUT2D eigenvalue weighted by Gasteiger charge is -2.20. The molecule has 5 heteroatoms. The minimum atomic E-state index is -0.471. The lowest BCUT2D eigenvalue weighted by atomic mass is 10.2. The van der Waals surface area contributed by atoms with Gasteiger partial charge in [-0.1, -0.05) is 50.1 Å². The van der Waals surface area contributed by atoms with Crippen LogP contribution in [0.25, 0.3) is 11.0 Å². The second-order valence-electron chi connectivity index (χ2n) is 6.96. The van der Waals surface area contributed by atoms with Crippen LogP contribution in [0.1, 0.15) is 53.4 Å². The Morgan fingerprint density at radius 3 is 2.67 bits per heavy atom. The predicted octanol–water partition coefficient (Wildman–Crippen LogP) is 5.05. The normalized spacial score (nSPS) is 11.8. The molecule has 0 saturated carbocycles. The van der Waals surface area contributed by atoms with Crippen molar-refractivity contribution in [1.29, 1.82) is 0 Å². The summed E-state index contributed by atoms with van der Waals surface area (Å²) in [5.41, 5.74) is 1.44. The van der Waals surface area contributed by atoms with Gasteiger partial charge in [-0.2, -0.15) is 0 Å². The fourth-order valence-electron chi connectivity index (χ4n) is 2.51. The van der Waals surface area contributed by atoms with Crippen molar-refractivity contribution in [2.24, 2.45) is 0 Å². The van der Waals surface area contributed by atoms with Gasteiger partial charge in [0.1, 0.15) is 12.1 Å². The third kappa shape index (κ3) is 5.55. The number of fused-ring (bicyclic) bond motifs is 1. The Morgan fingerprint density at radius 1 is 1.21 bits per heavy atom. The lowest BCUT2D eigenvalue weighted by Crippen LogP contribution is -2.26. The highest BCUT2D eigenvalue weighted by atomic mass is 32.2. The van der Waals surface area contributed by atoms with Crippen molar-refractivity contribution in [2.75, 3.05) is 5.75 Å². The van der Waals surface area contributed by atoms with Crippen LogP contribution in [0, 0.1) is 0 Å². The number of carbonyl (C=O) groups is 1. The standard InChI is InChI=1S/C19H28N2O2S/c1-5-6-7-10-13-24-18-20-15-11-8-9-12-16(15)21(18)14-17(22)23-19(2,3)4/h8-9,11-12H,5-7,10,13-14H2,1-4H3. The third-order valence-electron chi connectivity index (χ3n) is 3.56. The summed E-state index contributed by atoms with van der Waals surface area (Å²) < 4.78 is 7.46. The number of imidazole rings is 1. The molecule has 0 bridgehead atoms. The Hall–Kier alpha value is -1.49. The molecule has 0 saturated heterocycles. The van der Waals surface area contributed by atoms with Crippen LogP contribution in [0.2, 0.25) is 0 Å². The average molecular weight is 349 g/mol. The topological polar surface area (TPSA) is 44.1 Å². The molecule has 2 aromatic rings. The van der Waals surface area contributed by atoms with E-state index in [4.69, 9.17) is 9.72 Å². The minimum absolute atomic E-state index is 0.203. The van der Waals surface area contributed by atoms with Crippen LogP contribution < -0.4 is 0 Å². The maximum absolute atomic E-state index is 12.3. The highest BCUT2D eigenvalue weighted by molar-refractivity contribution is 7.99. The summed E-state index contributed by atoms with van der Waals surface area (Å²) in [5, 5.41) is 0.901. The first-order valence-corrected chi connectivity index (χ1v) is 9.69. The molecule has 0 N–H and O–H groups in total. The molecular formula is C19H28N2O2S. The number of carbonyl (C=O) groups excluding carboxylic acids is 1. The number of para-hydroxylation sites is 2. The molecule has 0 amide bonds. The average Bonchev–Trinajstić information content (AvgIpc) is 2.83. The molecular weight excluding hydrogens is 320 g/mol. The minimum Gasteiger partial charge on any atom is -0.459 e. The number of nitrogens with zero attached hydrogens (tertiary/aromatic N) is 2. The van der Waals surface area contributed by atoms with Crippen molar-refractivity contribution in [1.82, 2.24) is 9.55 Å². The number of thioether (sulfide) groups is 1. The first kappa shape index (κ1) is 18.8. The van der Waals surface area contributed by atoms with Gasteiger partial charge in [0.15, 0.2) is 5.16 Å². The van der Waals surface area contributed by atoms with Gasteiger partial charge in [-0.25, -0.2) is 4.98 Å². The Morgan fingerprint density at radius 2 is 1.96 bits per heavy atom. The molecule has 0 unspecified atom stereocenters. The van der Waals surface area contributed by atoms with E-state index in [2.05, 4.69) is 6.92 Å². The monoisotopic (exact) mass is 348 g/mol. The van der Waals surface area contributed by atoms with Crippen LogP contribution in [0.3, 0.4) is 0 Å². The number of benzene rings is 1. The van der Waals surface area contributed by atoms with Crippen LogP contribution in [0.4, 0.5) is 0 Å². The van der Waals surface area contributed by atoms with Crippen molar-refractivity contribution in [3.8, 4) is 0 Å². The number of rotatable bonds is 8. The summed E-state index contributed by atoms with van der Waals surface area (Å²) >= 11 is 1.73.